The van der Waals surface area contributed by atoms with Crippen LogP contribution in [0.3, 0.4) is 0 Å². The fraction of sp³-hybridized carbons (Fsp3) is 0.200. The third kappa shape index (κ3) is 3.22. The highest BCUT2D eigenvalue weighted by molar-refractivity contribution is 7.13. The predicted octanol–water partition coefficient (Wildman–Crippen LogP) is 4.05. The van der Waals surface area contributed by atoms with Gasteiger partial charge in [-0.1, -0.05) is 6.07 Å². The summed E-state index contributed by atoms with van der Waals surface area (Å²) >= 11 is 1.58. The number of hydrogen-bond acceptors (Lipinski definition) is 6. The van der Waals surface area contributed by atoms with Gasteiger partial charge in [0.2, 0.25) is 5.88 Å². The fourth-order valence-corrected chi connectivity index (χ4v) is 3.79. The Bertz CT molecular complexity index is 1150. The molecule has 4 aromatic rings. The van der Waals surface area contributed by atoms with E-state index < -0.39 is 0 Å². The van der Waals surface area contributed by atoms with Gasteiger partial charge >= 0.3 is 0 Å². The normalized spacial score (nSPS) is 11.0. The lowest BCUT2D eigenvalue weighted by atomic mass is 10.1. The molecule has 0 saturated heterocycles. The number of nitrogens with zero attached hydrogens (tertiary/aromatic N) is 4. The van der Waals surface area contributed by atoms with Crippen molar-refractivity contribution in [2.45, 2.75) is 13.8 Å². The van der Waals surface area contributed by atoms with E-state index in [9.17, 15) is 4.79 Å². The zero-order valence-corrected chi connectivity index (χ0v) is 16.6. The molecule has 0 bridgehead atoms. The minimum absolute atomic E-state index is 0.254. The number of anilines is 1. The van der Waals surface area contributed by atoms with Crippen LogP contribution in [0.2, 0.25) is 0 Å². The largest absolute Gasteiger partial charge is 0.476 e. The van der Waals surface area contributed by atoms with Crippen LogP contribution >= 0.6 is 11.3 Å². The summed E-state index contributed by atoms with van der Waals surface area (Å²) in [7, 11) is 1.83. The molecule has 0 aliphatic rings. The number of rotatable bonds is 5. The van der Waals surface area contributed by atoms with E-state index in [2.05, 4.69) is 15.4 Å². The third-order valence-corrected chi connectivity index (χ3v) is 5.18. The number of amides is 1. The third-order valence-electron chi connectivity index (χ3n) is 4.29. The summed E-state index contributed by atoms with van der Waals surface area (Å²) in [6, 6.07) is 9.29. The zero-order chi connectivity index (χ0) is 19.7. The van der Waals surface area contributed by atoms with Gasteiger partial charge in [-0.25, -0.2) is 9.97 Å². The number of hydrogen-bond donors (Lipinski definition) is 1. The molecule has 4 aromatic heterocycles. The van der Waals surface area contributed by atoms with Crippen molar-refractivity contribution in [2.24, 2.45) is 7.05 Å². The van der Waals surface area contributed by atoms with E-state index in [1.165, 1.54) is 0 Å². The van der Waals surface area contributed by atoms with Crippen LogP contribution in [0, 0.1) is 6.92 Å². The van der Waals surface area contributed by atoms with Crippen molar-refractivity contribution in [3.05, 3.63) is 53.2 Å². The number of pyridine rings is 2. The average Bonchev–Trinajstić information content (AvgIpc) is 3.32. The van der Waals surface area contributed by atoms with Crippen LogP contribution in [0.15, 0.2) is 41.9 Å². The summed E-state index contributed by atoms with van der Waals surface area (Å²) in [5.74, 6) is 0.139. The van der Waals surface area contributed by atoms with Gasteiger partial charge in [0.25, 0.3) is 5.91 Å². The SMILES string of the molecule is CCOc1ncccc1NC(=O)c1cc(-c2cccs2)nc2c1c(C)nn2C. The predicted molar refractivity (Wildman–Crippen MR) is 110 cm³/mol. The lowest BCUT2D eigenvalue weighted by Gasteiger charge is -2.11. The first-order valence-electron chi connectivity index (χ1n) is 8.86. The average molecular weight is 393 g/mol. The summed E-state index contributed by atoms with van der Waals surface area (Å²) in [5.41, 5.74) is 3.21. The first-order valence-corrected chi connectivity index (χ1v) is 9.73. The van der Waals surface area contributed by atoms with Gasteiger partial charge in [-0.05, 0) is 43.5 Å². The Morgan fingerprint density at radius 1 is 1.32 bits per heavy atom. The van der Waals surface area contributed by atoms with Crippen LogP contribution in [0.4, 0.5) is 5.69 Å². The van der Waals surface area contributed by atoms with Gasteiger partial charge in [-0.3, -0.25) is 9.48 Å². The molecule has 0 aliphatic heterocycles. The van der Waals surface area contributed by atoms with Gasteiger partial charge in [0.1, 0.15) is 5.69 Å². The summed E-state index contributed by atoms with van der Waals surface area (Å²) < 4.78 is 7.22. The highest BCUT2D eigenvalue weighted by atomic mass is 32.1. The first-order chi connectivity index (χ1) is 13.6. The van der Waals surface area contributed by atoms with Gasteiger partial charge in [-0.15, -0.1) is 11.3 Å². The molecule has 0 spiro atoms. The van der Waals surface area contributed by atoms with Crippen LogP contribution in [0.1, 0.15) is 23.0 Å². The number of carbonyl (C=O) groups excluding carboxylic acids is 1. The van der Waals surface area contributed by atoms with Gasteiger partial charge < -0.3 is 10.1 Å². The molecule has 1 amide bonds. The second-order valence-electron chi connectivity index (χ2n) is 6.18. The molecule has 4 heterocycles. The molecule has 0 radical (unpaired) electrons. The minimum Gasteiger partial charge on any atom is -0.476 e. The van der Waals surface area contributed by atoms with Crippen LogP contribution in [0.25, 0.3) is 21.6 Å². The van der Waals surface area contributed by atoms with Crippen molar-refractivity contribution in [3.8, 4) is 16.5 Å². The number of aryl methyl sites for hydroxylation is 2. The van der Waals surface area contributed by atoms with Crippen molar-refractivity contribution in [2.75, 3.05) is 11.9 Å². The molecule has 142 valence electrons. The van der Waals surface area contributed by atoms with E-state index >= 15 is 0 Å². The topological polar surface area (TPSA) is 81.9 Å². The molecule has 0 atom stereocenters. The van der Waals surface area contributed by atoms with Crippen LogP contribution < -0.4 is 10.1 Å². The van der Waals surface area contributed by atoms with E-state index in [1.54, 1.807) is 34.3 Å². The summed E-state index contributed by atoms with van der Waals surface area (Å²) in [6.07, 6.45) is 1.63. The standard InChI is InChI=1S/C20H19N5O2S/c1-4-27-20-14(7-5-9-21-20)23-19(26)13-11-15(16-8-6-10-28-16)22-18-17(13)12(2)24-25(18)3/h5-11H,4H2,1-3H3,(H,23,26). The van der Waals surface area contributed by atoms with Crippen molar-refractivity contribution in [1.29, 1.82) is 0 Å². The smallest absolute Gasteiger partial charge is 0.256 e. The van der Waals surface area contributed by atoms with E-state index in [-0.39, 0.29) is 5.91 Å². The molecular formula is C20H19N5O2S. The van der Waals surface area contributed by atoms with Gasteiger partial charge in [0, 0.05) is 13.2 Å². The molecule has 7 nitrogen and oxygen atoms in total. The lowest BCUT2D eigenvalue weighted by Crippen LogP contribution is -2.14. The number of fused-ring (bicyclic) bond motifs is 1. The Labute approximate surface area is 166 Å². The van der Waals surface area contributed by atoms with Crippen LogP contribution in [-0.4, -0.2) is 32.3 Å². The summed E-state index contributed by atoms with van der Waals surface area (Å²) in [6.45, 7) is 4.21. The molecule has 0 fully saturated rings. The fourth-order valence-electron chi connectivity index (χ4n) is 3.10. The van der Waals surface area contributed by atoms with Gasteiger partial charge in [-0.2, -0.15) is 5.10 Å². The van der Waals surface area contributed by atoms with E-state index in [4.69, 9.17) is 9.72 Å². The van der Waals surface area contributed by atoms with E-state index in [0.29, 0.717) is 29.4 Å². The van der Waals surface area contributed by atoms with Crippen LogP contribution in [0.5, 0.6) is 5.88 Å². The first kappa shape index (κ1) is 18.1. The highest BCUT2D eigenvalue weighted by Gasteiger charge is 2.20. The Kier molecular flexibility index (Phi) is 4.79. The van der Waals surface area contributed by atoms with Crippen molar-refractivity contribution in [3.63, 3.8) is 0 Å². The zero-order valence-electron chi connectivity index (χ0n) is 15.8. The summed E-state index contributed by atoms with van der Waals surface area (Å²) in [4.78, 5) is 23.1. The molecule has 0 aliphatic carbocycles. The molecule has 28 heavy (non-hydrogen) atoms. The van der Waals surface area contributed by atoms with Gasteiger partial charge in [0.05, 0.1) is 33.8 Å². The second-order valence-corrected chi connectivity index (χ2v) is 7.13. The Hall–Kier alpha value is -3.26. The van der Waals surface area contributed by atoms with Crippen molar-refractivity contribution in [1.82, 2.24) is 19.7 Å². The Morgan fingerprint density at radius 3 is 2.93 bits per heavy atom. The van der Waals surface area contributed by atoms with Crippen LogP contribution in [-0.2, 0) is 7.05 Å². The molecule has 4 rings (SSSR count). The van der Waals surface area contributed by atoms with E-state index in [1.807, 2.05) is 44.5 Å². The number of ether oxygens (including phenoxy) is 1. The highest BCUT2D eigenvalue weighted by Crippen LogP contribution is 2.30. The second kappa shape index (κ2) is 7.40. The van der Waals surface area contributed by atoms with Crippen molar-refractivity contribution < 1.29 is 9.53 Å². The lowest BCUT2D eigenvalue weighted by molar-refractivity contribution is 0.102. The Balaban J connectivity index is 1.82. The maximum Gasteiger partial charge on any atom is 0.256 e. The number of nitrogens with one attached hydrogen (secondary N) is 1. The van der Waals surface area contributed by atoms with Crippen molar-refractivity contribution >= 4 is 34.0 Å². The molecule has 0 unspecified atom stereocenters. The monoisotopic (exact) mass is 393 g/mol. The molecular weight excluding hydrogens is 374 g/mol. The molecule has 8 heteroatoms. The molecule has 0 saturated carbocycles. The Morgan fingerprint density at radius 2 is 2.18 bits per heavy atom. The van der Waals surface area contributed by atoms with E-state index in [0.717, 1.165) is 21.7 Å². The summed E-state index contributed by atoms with van der Waals surface area (Å²) in [5, 5.41) is 10.1. The maximum atomic E-state index is 13.2. The molecule has 1 N–H and O–H groups in total. The van der Waals surface area contributed by atoms with Gasteiger partial charge in [0.15, 0.2) is 5.65 Å². The number of aromatic nitrogens is 4. The maximum absolute atomic E-state index is 13.2. The number of thiophene rings is 1. The quantitative estimate of drug-likeness (QED) is 0.553. The molecule has 0 aromatic carbocycles. The minimum atomic E-state index is -0.254. The number of carbonyl (C=O) groups is 1.